The van der Waals surface area contributed by atoms with E-state index in [4.69, 9.17) is 0 Å². The van der Waals surface area contributed by atoms with Crippen LogP contribution < -0.4 is 5.32 Å². The second-order valence-corrected chi connectivity index (χ2v) is 6.87. The van der Waals surface area contributed by atoms with E-state index in [1.165, 1.54) is 16.9 Å². The molecule has 0 bridgehead atoms. The van der Waals surface area contributed by atoms with Gasteiger partial charge < -0.3 is 5.32 Å². The third-order valence-electron chi connectivity index (χ3n) is 2.91. The van der Waals surface area contributed by atoms with Crippen molar-refractivity contribution in [2.75, 3.05) is 5.32 Å². The molecule has 0 aliphatic carbocycles. The van der Waals surface area contributed by atoms with Crippen molar-refractivity contribution in [2.45, 2.75) is 19.8 Å². The normalized spacial score (nSPS) is 10.6. The van der Waals surface area contributed by atoms with Crippen molar-refractivity contribution >= 4 is 33.7 Å². The van der Waals surface area contributed by atoms with Crippen LogP contribution in [0.3, 0.4) is 0 Å². The maximum absolute atomic E-state index is 12.0. The van der Waals surface area contributed by atoms with Gasteiger partial charge in [0.05, 0.1) is 17.1 Å². The number of amides is 1. The molecule has 112 valence electrons. The lowest BCUT2D eigenvalue weighted by molar-refractivity contribution is -0.115. The van der Waals surface area contributed by atoms with Gasteiger partial charge in [0.2, 0.25) is 11.0 Å². The lowest BCUT2D eigenvalue weighted by Crippen LogP contribution is -2.14. The standard InChI is InChI=1S/C15H14N4OS2/c1-10-18-19-15(22-10)17-13(20)8-12-9-21-14(16-12)7-11-5-3-2-4-6-11/h2-6,9H,7-8H2,1H3,(H,17,19,20). The van der Waals surface area contributed by atoms with E-state index in [0.717, 1.165) is 22.1 Å². The Morgan fingerprint density at radius 1 is 1.23 bits per heavy atom. The predicted octanol–water partition coefficient (Wildman–Crippen LogP) is 3.08. The second-order valence-electron chi connectivity index (χ2n) is 4.75. The van der Waals surface area contributed by atoms with E-state index in [-0.39, 0.29) is 12.3 Å². The number of carbonyl (C=O) groups is 1. The highest BCUT2D eigenvalue weighted by Crippen LogP contribution is 2.17. The largest absolute Gasteiger partial charge is 0.300 e. The van der Waals surface area contributed by atoms with Gasteiger partial charge >= 0.3 is 0 Å². The highest BCUT2D eigenvalue weighted by Gasteiger charge is 2.10. The summed E-state index contributed by atoms with van der Waals surface area (Å²) in [6.45, 7) is 1.85. The van der Waals surface area contributed by atoms with Crippen molar-refractivity contribution in [1.29, 1.82) is 0 Å². The molecule has 2 aromatic heterocycles. The maximum Gasteiger partial charge on any atom is 0.232 e. The summed E-state index contributed by atoms with van der Waals surface area (Å²) in [7, 11) is 0. The third-order valence-corrected chi connectivity index (χ3v) is 4.56. The van der Waals surface area contributed by atoms with Gasteiger partial charge in [-0.2, -0.15) is 0 Å². The number of thiazole rings is 1. The zero-order valence-electron chi connectivity index (χ0n) is 11.9. The molecule has 0 aliphatic rings. The van der Waals surface area contributed by atoms with Crippen molar-refractivity contribution in [2.24, 2.45) is 0 Å². The average Bonchev–Trinajstić information content (AvgIpc) is 3.09. The molecule has 0 unspecified atom stereocenters. The molecule has 7 heteroatoms. The lowest BCUT2D eigenvalue weighted by atomic mass is 10.2. The molecule has 3 rings (SSSR count). The quantitative estimate of drug-likeness (QED) is 0.780. The molecule has 2 heterocycles. The van der Waals surface area contributed by atoms with Crippen molar-refractivity contribution in [3.63, 3.8) is 0 Å². The van der Waals surface area contributed by atoms with Crippen molar-refractivity contribution in [3.05, 3.63) is 57.0 Å². The summed E-state index contributed by atoms with van der Waals surface area (Å²) in [6.07, 6.45) is 1.05. The molecule has 0 fully saturated rings. The Morgan fingerprint density at radius 2 is 2.05 bits per heavy atom. The fourth-order valence-corrected chi connectivity index (χ4v) is 3.39. The number of aryl methyl sites for hydroxylation is 1. The van der Waals surface area contributed by atoms with E-state index in [1.807, 2.05) is 30.5 Å². The van der Waals surface area contributed by atoms with Gasteiger partial charge in [0, 0.05) is 11.8 Å². The zero-order valence-corrected chi connectivity index (χ0v) is 13.6. The van der Waals surface area contributed by atoms with E-state index in [1.54, 1.807) is 11.3 Å². The predicted molar refractivity (Wildman–Crippen MR) is 88.3 cm³/mol. The minimum atomic E-state index is -0.118. The Hall–Kier alpha value is -2.12. The first kappa shape index (κ1) is 14.8. The molecule has 3 aromatic rings. The van der Waals surface area contributed by atoms with Crippen LogP contribution in [0.5, 0.6) is 0 Å². The summed E-state index contributed by atoms with van der Waals surface area (Å²) in [6, 6.07) is 10.2. The van der Waals surface area contributed by atoms with E-state index in [9.17, 15) is 4.79 Å². The van der Waals surface area contributed by atoms with Crippen molar-refractivity contribution < 1.29 is 4.79 Å². The Kier molecular flexibility index (Phi) is 4.55. The Bertz CT molecular complexity index is 767. The van der Waals surface area contributed by atoms with Crippen molar-refractivity contribution in [1.82, 2.24) is 15.2 Å². The molecule has 0 saturated carbocycles. The number of benzene rings is 1. The minimum Gasteiger partial charge on any atom is -0.300 e. The number of nitrogens with one attached hydrogen (secondary N) is 1. The summed E-state index contributed by atoms with van der Waals surface area (Å²) in [5, 5.41) is 14.8. The molecule has 0 saturated heterocycles. The van der Waals surface area contributed by atoms with E-state index in [2.05, 4.69) is 32.6 Å². The molecular formula is C15H14N4OS2. The molecule has 1 amide bonds. The Labute approximate surface area is 136 Å². The highest BCUT2D eigenvalue weighted by atomic mass is 32.1. The highest BCUT2D eigenvalue weighted by molar-refractivity contribution is 7.15. The number of nitrogens with zero attached hydrogens (tertiary/aromatic N) is 3. The van der Waals surface area contributed by atoms with E-state index < -0.39 is 0 Å². The molecule has 0 spiro atoms. The van der Waals surface area contributed by atoms with Gasteiger partial charge in [-0.05, 0) is 12.5 Å². The molecule has 0 atom stereocenters. The van der Waals surface area contributed by atoms with Gasteiger partial charge in [0.25, 0.3) is 0 Å². The maximum atomic E-state index is 12.0. The second kappa shape index (κ2) is 6.76. The minimum absolute atomic E-state index is 0.118. The van der Waals surface area contributed by atoms with Crippen LogP contribution in [-0.2, 0) is 17.6 Å². The SMILES string of the molecule is Cc1nnc(NC(=O)Cc2csc(Cc3ccccc3)n2)s1. The summed E-state index contributed by atoms with van der Waals surface area (Å²) in [4.78, 5) is 16.5. The van der Waals surface area contributed by atoms with Gasteiger partial charge in [0.1, 0.15) is 5.01 Å². The van der Waals surface area contributed by atoms with Crippen LogP contribution in [0, 0.1) is 6.92 Å². The first-order chi connectivity index (χ1) is 10.7. The van der Waals surface area contributed by atoms with Crippen molar-refractivity contribution in [3.8, 4) is 0 Å². The smallest absolute Gasteiger partial charge is 0.232 e. The van der Waals surface area contributed by atoms with Crippen LogP contribution in [0.4, 0.5) is 5.13 Å². The summed E-state index contributed by atoms with van der Waals surface area (Å²) >= 11 is 2.94. The topological polar surface area (TPSA) is 67.8 Å². The monoisotopic (exact) mass is 330 g/mol. The fraction of sp³-hybridized carbons (Fsp3) is 0.200. The first-order valence-corrected chi connectivity index (χ1v) is 8.46. The van der Waals surface area contributed by atoms with Crippen LogP contribution in [0.15, 0.2) is 35.7 Å². The summed E-state index contributed by atoms with van der Waals surface area (Å²) in [5.41, 5.74) is 2.01. The molecule has 5 nitrogen and oxygen atoms in total. The fourth-order valence-electron chi connectivity index (χ4n) is 1.96. The van der Waals surface area contributed by atoms with Crippen LogP contribution in [0.1, 0.15) is 21.3 Å². The molecule has 1 aromatic carbocycles. The molecule has 1 N–H and O–H groups in total. The van der Waals surface area contributed by atoms with E-state index in [0.29, 0.717) is 5.13 Å². The lowest BCUT2D eigenvalue weighted by Gasteiger charge is -1.98. The number of rotatable bonds is 5. The van der Waals surface area contributed by atoms with Gasteiger partial charge in [-0.3, -0.25) is 4.79 Å². The number of hydrogen-bond acceptors (Lipinski definition) is 6. The van der Waals surface area contributed by atoms with Gasteiger partial charge in [-0.1, -0.05) is 41.7 Å². The Balaban J connectivity index is 1.58. The van der Waals surface area contributed by atoms with Crippen LogP contribution >= 0.6 is 22.7 Å². The summed E-state index contributed by atoms with van der Waals surface area (Å²) in [5.74, 6) is -0.118. The van der Waals surface area contributed by atoms with E-state index >= 15 is 0 Å². The Morgan fingerprint density at radius 3 is 2.77 bits per heavy atom. The number of aromatic nitrogens is 3. The van der Waals surface area contributed by atoms with Crippen LogP contribution in [0.2, 0.25) is 0 Å². The van der Waals surface area contributed by atoms with Gasteiger partial charge in [-0.15, -0.1) is 21.5 Å². The van der Waals surface area contributed by atoms with Gasteiger partial charge in [0.15, 0.2) is 0 Å². The third kappa shape index (κ3) is 3.96. The first-order valence-electron chi connectivity index (χ1n) is 6.76. The number of carbonyl (C=O) groups excluding carboxylic acids is 1. The van der Waals surface area contributed by atoms with Crippen LogP contribution in [-0.4, -0.2) is 21.1 Å². The van der Waals surface area contributed by atoms with Gasteiger partial charge in [-0.25, -0.2) is 4.98 Å². The molecular weight excluding hydrogens is 316 g/mol. The average molecular weight is 330 g/mol. The summed E-state index contributed by atoms with van der Waals surface area (Å²) < 4.78 is 0. The zero-order chi connectivity index (χ0) is 15.4. The van der Waals surface area contributed by atoms with Crippen LogP contribution in [0.25, 0.3) is 0 Å². The molecule has 0 radical (unpaired) electrons. The number of hydrogen-bond donors (Lipinski definition) is 1. The molecule has 0 aliphatic heterocycles. The number of anilines is 1. The molecule has 22 heavy (non-hydrogen) atoms.